The van der Waals surface area contributed by atoms with Crippen LogP contribution in [0, 0.1) is 6.92 Å². The Morgan fingerprint density at radius 1 is 1.06 bits per heavy atom. The fourth-order valence-electron chi connectivity index (χ4n) is 3.99. The zero-order chi connectivity index (χ0) is 22.8. The Morgan fingerprint density at radius 2 is 1.85 bits per heavy atom. The fourth-order valence-corrected chi connectivity index (χ4v) is 3.99. The second-order valence-electron chi connectivity index (χ2n) is 7.80. The summed E-state index contributed by atoms with van der Waals surface area (Å²) in [4.78, 5) is 41.6. The molecule has 0 unspecified atom stereocenters. The highest BCUT2D eigenvalue weighted by atomic mass is 16.5. The molecule has 166 valence electrons. The molecule has 33 heavy (non-hydrogen) atoms. The van der Waals surface area contributed by atoms with Crippen molar-refractivity contribution in [2.24, 2.45) is 0 Å². The third-order valence-corrected chi connectivity index (χ3v) is 5.75. The van der Waals surface area contributed by atoms with Gasteiger partial charge in [0.15, 0.2) is 5.78 Å². The van der Waals surface area contributed by atoms with Crippen LogP contribution in [0.2, 0.25) is 0 Å². The van der Waals surface area contributed by atoms with Crippen molar-refractivity contribution in [3.05, 3.63) is 83.8 Å². The molecule has 0 spiro atoms. The van der Waals surface area contributed by atoms with E-state index in [1.165, 1.54) is 0 Å². The maximum atomic E-state index is 13.3. The summed E-state index contributed by atoms with van der Waals surface area (Å²) in [6, 6.07) is 11.0. The monoisotopic (exact) mass is 442 g/mol. The predicted molar refractivity (Wildman–Crippen MR) is 121 cm³/mol. The van der Waals surface area contributed by atoms with E-state index in [1.807, 2.05) is 30.3 Å². The minimum absolute atomic E-state index is 0.141. The maximum Gasteiger partial charge on any atom is 0.270 e. The van der Waals surface area contributed by atoms with Crippen molar-refractivity contribution in [1.29, 1.82) is 0 Å². The van der Waals surface area contributed by atoms with Gasteiger partial charge in [-0.15, -0.1) is 0 Å². The molecule has 1 aliphatic heterocycles. The fraction of sp³-hybridized carbons (Fsp3) is 0.208. The van der Waals surface area contributed by atoms with Gasteiger partial charge in [0.1, 0.15) is 23.0 Å². The molecule has 9 heteroatoms. The molecule has 5 rings (SSSR count). The minimum Gasteiger partial charge on any atom is -0.360 e. The summed E-state index contributed by atoms with van der Waals surface area (Å²) in [5, 5.41) is 4.08. The van der Waals surface area contributed by atoms with Gasteiger partial charge in [0, 0.05) is 55.9 Å². The molecule has 1 amide bonds. The highest BCUT2D eigenvalue weighted by Gasteiger charge is 2.27. The van der Waals surface area contributed by atoms with E-state index >= 15 is 0 Å². The number of hydrogen-bond donors (Lipinski definition) is 1. The van der Waals surface area contributed by atoms with Crippen LogP contribution in [0.1, 0.15) is 32.2 Å². The van der Waals surface area contributed by atoms with Crippen LogP contribution < -0.4 is 4.90 Å². The number of aryl methyl sites for hydroxylation is 1. The van der Waals surface area contributed by atoms with Gasteiger partial charge in [-0.2, -0.15) is 0 Å². The smallest absolute Gasteiger partial charge is 0.270 e. The standard InChI is InChI=1S/C24H22N6O3/c1-16-21(22(28-33-16)17-5-3-2-4-6-17)23(31)18-13-19(27-14-18)24(32)30-11-9-29(10-12-30)20-15-25-7-8-26-20/h2-8,13-15,27H,9-12H2,1H3. The first kappa shape index (κ1) is 20.6. The number of nitrogens with one attached hydrogen (secondary N) is 1. The van der Waals surface area contributed by atoms with Gasteiger partial charge in [-0.3, -0.25) is 14.6 Å². The van der Waals surface area contributed by atoms with Gasteiger partial charge < -0.3 is 19.3 Å². The van der Waals surface area contributed by atoms with Crippen LogP contribution in [-0.2, 0) is 0 Å². The number of ketones is 1. The van der Waals surface area contributed by atoms with Crippen molar-refractivity contribution in [3.8, 4) is 11.3 Å². The van der Waals surface area contributed by atoms with E-state index < -0.39 is 0 Å². The Hall–Kier alpha value is -4.27. The van der Waals surface area contributed by atoms with Crippen molar-refractivity contribution < 1.29 is 14.1 Å². The normalized spacial score (nSPS) is 13.8. The Morgan fingerprint density at radius 3 is 2.58 bits per heavy atom. The summed E-state index contributed by atoms with van der Waals surface area (Å²) >= 11 is 0. The Kier molecular flexibility index (Phi) is 5.43. The van der Waals surface area contributed by atoms with Crippen LogP contribution >= 0.6 is 0 Å². The second kappa shape index (κ2) is 8.70. The summed E-state index contributed by atoms with van der Waals surface area (Å²) in [7, 11) is 0. The molecule has 1 N–H and O–H groups in total. The minimum atomic E-state index is -0.240. The van der Waals surface area contributed by atoms with Gasteiger partial charge in [-0.05, 0) is 13.0 Å². The van der Waals surface area contributed by atoms with Gasteiger partial charge in [0.2, 0.25) is 0 Å². The van der Waals surface area contributed by atoms with Crippen LogP contribution in [0.15, 0.2) is 65.7 Å². The van der Waals surface area contributed by atoms with E-state index in [4.69, 9.17) is 4.52 Å². The van der Waals surface area contributed by atoms with Crippen LogP contribution in [0.3, 0.4) is 0 Å². The number of aromatic amines is 1. The van der Waals surface area contributed by atoms with Crippen molar-refractivity contribution >= 4 is 17.5 Å². The molecule has 4 heterocycles. The topological polar surface area (TPSA) is 108 Å². The zero-order valence-corrected chi connectivity index (χ0v) is 18.1. The molecular formula is C24H22N6O3. The molecule has 0 saturated carbocycles. The van der Waals surface area contributed by atoms with Gasteiger partial charge in [0.25, 0.3) is 5.91 Å². The number of nitrogens with zero attached hydrogens (tertiary/aromatic N) is 5. The molecular weight excluding hydrogens is 420 g/mol. The van der Waals surface area contributed by atoms with E-state index in [0.717, 1.165) is 11.4 Å². The summed E-state index contributed by atoms with van der Waals surface area (Å²) < 4.78 is 5.32. The molecule has 1 aromatic carbocycles. The summed E-state index contributed by atoms with van der Waals surface area (Å²) in [6.45, 7) is 4.15. The van der Waals surface area contributed by atoms with Gasteiger partial charge >= 0.3 is 0 Å². The number of anilines is 1. The number of H-pyrrole nitrogens is 1. The molecule has 0 radical (unpaired) electrons. The number of hydrogen-bond acceptors (Lipinski definition) is 7. The highest BCUT2D eigenvalue weighted by Crippen LogP contribution is 2.27. The number of benzene rings is 1. The lowest BCUT2D eigenvalue weighted by Gasteiger charge is -2.35. The molecule has 3 aromatic heterocycles. The number of rotatable bonds is 5. The summed E-state index contributed by atoms with van der Waals surface area (Å²) in [5.74, 6) is 0.859. The average Bonchev–Trinajstić information content (AvgIpc) is 3.52. The first-order chi connectivity index (χ1) is 16.1. The molecule has 0 atom stereocenters. The molecule has 4 aromatic rings. The first-order valence-corrected chi connectivity index (χ1v) is 10.7. The van der Waals surface area contributed by atoms with Crippen LogP contribution in [0.4, 0.5) is 5.82 Å². The van der Waals surface area contributed by atoms with Crippen molar-refractivity contribution in [3.63, 3.8) is 0 Å². The SMILES string of the molecule is Cc1onc(-c2ccccc2)c1C(=O)c1c[nH]c(C(=O)N2CCN(c3cnccn3)CC2)c1. The van der Waals surface area contributed by atoms with E-state index in [9.17, 15) is 9.59 Å². The Bertz CT molecular complexity index is 1270. The molecule has 9 nitrogen and oxygen atoms in total. The summed E-state index contributed by atoms with van der Waals surface area (Å²) in [6.07, 6.45) is 6.57. The molecule has 0 aliphatic carbocycles. The van der Waals surface area contributed by atoms with Crippen LogP contribution in [0.25, 0.3) is 11.3 Å². The van der Waals surface area contributed by atoms with Crippen molar-refractivity contribution in [1.82, 2.24) is 25.0 Å². The van der Waals surface area contributed by atoms with Crippen LogP contribution in [-0.4, -0.2) is 62.9 Å². The maximum absolute atomic E-state index is 13.3. The largest absolute Gasteiger partial charge is 0.360 e. The molecule has 1 saturated heterocycles. The lowest BCUT2D eigenvalue weighted by Crippen LogP contribution is -2.49. The molecule has 0 bridgehead atoms. The van der Waals surface area contributed by atoms with Crippen LogP contribution in [0.5, 0.6) is 0 Å². The quantitative estimate of drug-likeness (QED) is 0.473. The third-order valence-electron chi connectivity index (χ3n) is 5.75. The number of amides is 1. The number of aromatic nitrogens is 4. The van der Waals surface area contributed by atoms with E-state index in [2.05, 4.69) is 25.0 Å². The predicted octanol–water partition coefficient (Wildman–Crippen LogP) is 2.96. The third kappa shape index (κ3) is 4.00. The summed E-state index contributed by atoms with van der Waals surface area (Å²) in [5.41, 5.74) is 2.45. The number of piperazine rings is 1. The first-order valence-electron chi connectivity index (χ1n) is 10.7. The van der Waals surface area contributed by atoms with Gasteiger partial charge in [-0.25, -0.2) is 4.98 Å². The lowest BCUT2D eigenvalue weighted by atomic mass is 9.99. The van der Waals surface area contributed by atoms with Gasteiger partial charge in [-0.1, -0.05) is 35.5 Å². The van der Waals surface area contributed by atoms with E-state index in [-0.39, 0.29) is 11.7 Å². The number of carbonyl (C=O) groups is 2. The van der Waals surface area contributed by atoms with Crippen molar-refractivity contribution in [2.45, 2.75) is 6.92 Å². The number of carbonyl (C=O) groups excluding carboxylic acids is 2. The van der Waals surface area contributed by atoms with Crippen molar-refractivity contribution in [2.75, 3.05) is 31.1 Å². The van der Waals surface area contributed by atoms with E-state index in [1.54, 1.807) is 42.7 Å². The Labute approximate surface area is 190 Å². The lowest BCUT2D eigenvalue weighted by molar-refractivity contribution is 0.0741. The average molecular weight is 442 g/mol. The van der Waals surface area contributed by atoms with Gasteiger partial charge in [0.05, 0.1) is 11.8 Å². The zero-order valence-electron chi connectivity index (χ0n) is 18.1. The molecule has 1 aliphatic rings. The highest BCUT2D eigenvalue weighted by molar-refractivity contribution is 6.13. The Balaban J connectivity index is 1.31. The second-order valence-corrected chi connectivity index (χ2v) is 7.80. The van der Waals surface area contributed by atoms with E-state index in [0.29, 0.717) is 54.5 Å². The molecule has 1 fully saturated rings.